The van der Waals surface area contributed by atoms with Crippen LogP contribution in [0.5, 0.6) is 17.4 Å². The monoisotopic (exact) mass is 287 g/mol. The van der Waals surface area contributed by atoms with Gasteiger partial charge in [-0.25, -0.2) is 4.98 Å². The van der Waals surface area contributed by atoms with Crippen molar-refractivity contribution in [1.29, 1.82) is 0 Å². The van der Waals surface area contributed by atoms with Crippen LogP contribution in [-0.4, -0.2) is 24.5 Å². The Bertz CT molecular complexity index is 627. The van der Waals surface area contributed by atoms with E-state index in [0.717, 1.165) is 11.3 Å². The van der Waals surface area contributed by atoms with Gasteiger partial charge in [0, 0.05) is 12.1 Å². The van der Waals surface area contributed by atoms with Gasteiger partial charge in [-0.2, -0.15) is 0 Å². The Kier molecular flexibility index (Phi) is 4.73. The maximum Gasteiger partial charge on any atom is 0.238 e. The molecule has 6 nitrogen and oxygen atoms in total. The van der Waals surface area contributed by atoms with Gasteiger partial charge in [-0.3, -0.25) is 4.79 Å². The van der Waals surface area contributed by atoms with E-state index in [1.165, 1.54) is 6.20 Å². The third-order valence-corrected chi connectivity index (χ3v) is 2.81. The van der Waals surface area contributed by atoms with Crippen molar-refractivity contribution in [3.63, 3.8) is 0 Å². The van der Waals surface area contributed by atoms with Gasteiger partial charge in [0.15, 0.2) is 0 Å². The molecule has 0 spiro atoms. The van der Waals surface area contributed by atoms with E-state index in [9.17, 15) is 4.79 Å². The molecule has 21 heavy (non-hydrogen) atoms. The second kappa shape index (κ2) is 6.71. The number of benzene rings is 1. The quantitative estimate of drug-likeness (QED) is 0.879. The van der Waals surface area contributed by atoms with Crippen LogP contribution in [-0.2, 0) is 4.79 Å². The lowest BCUT2D eigenvalue weighted by Crippen LogP contribution is -2.21. The van der Waals surface area contributed by atoms with Crippen LogP contribution in [0.3, 0.4) is 0 Å². The lowest BCUT2D eigenvalue weighted by molar-refractivity contribution is -0.114. The largest absolute Gasteiger partial charge is 0.496 e. The van der Waals surface area contributed by atoms with E-state index in [1.807, 2.05) is 19.1 Å². The number of anilines is 1. The maximum atomic E-state index is 11.2. The van der Waals surface area contributed by atoms with Gasteiger partial charge in [-0.1, -0.05) is 6.07 Å². The molecule has 1 heterocycles. The minimum Gasteiger partial charge on any atom is -0.496 e. The van der Waals surface area contributed by atoms with Crippen molar-refractivity contribution in [3.05, 3.63) is 42.1 Å². The summed E-state index contributed by atoms with van der Waals surface area (Å²) in [5, 5.41) is 2.61. The molecule has 0 aliphatic rings. The highest BCUT2D eigenvalue weighted by molar-refractivity contribution is 5.91. The molecule has 2 aromatic rings. The van der Waals surface area contributed by atoms with Gasteiger partial charge in [-0.05, 0) is 24.6 Å². The fraction of sp³-hybridized carbons (Fsp3) is 0.200. The zero-order valence-corrected chi connectivity index (χ0v) is 11.9. The normalized spacial score (nSPS) is 10.0. The second-order valence-electron chi connectivity index (χ2n) is 4.37. The maximum absolute atomic E-state index is 11.2. The number of hydrogen-bond acceptors (Lipinski definition) is 5. The van der Waals surface area contributed by atoms with Crippen molar-refractivity contribution in [2.45, 2.75) is 6.92 Å². The third kappa shape index (κ3) is 3.93. The number of carbonyl (C=O) groups excluding carboxylic acids is 1. The Balaban J connectivity index is 2.08. The lowest BCUT2D eigenvalue weighted by Gasteiger charge is -2.09. The minimum atomic E-state index is -0.270. The first kappa shape index (κ1) is 14.8. The first-order valence-corrected chi connectivity index (χ1v) is 6.41. The molecule has 110 valence electrons. The Labute approximate surface area is 122 Å². The molecule has 1 aromatic carbocycles. The van der Waals surface area contributed by atoms with E-state index in [4.69, 9.17) is 15.2 Å². The topological polar surface area (TPSA) is 86.5 Å². The van der Waals surface area contributed by atoms with Gasteiger partial charge >= 0.3 is 0 Å². The molecule has 2 rings (SSSR count). The molecule has 1 amide bonds. The van der Waals surface area contributed by atoms with E-state index in [2.05, 4.69) is 10.3 Å². The van der Waals surface area contributed by atoms with Crippen molar-refractivity contribution in [2.24, 2.45) is 5.73 Å². The van der Waals surface area contributed by atoms with Crippen molar-refractivity contribution in [3.8, 4) is 17.4 Å². The molecule has 0 saturated heterocycles. The van der Waals surface area contributed by atoms with Crippen LogP contribution in [0.4, 0.5) is 5.69 Å². The average molecular weight is 287 g/mol. The lowest BCUT2D eigenvalue weighted by atomic mass is 10.2. The summed E-state index contributed by atoms with van der Waals surface area (Å²) in [7, 11) is 1.61. The Morgan fingerprint density at radius 1 is 1.33 bits per heavy atom. The van der Waals surface area contributed by atoms with Gasteiger partial charge in [-0.15, -0.1) is 0 Å². The predicted molar refractivity (Wildman–Crippen MR) is 79.7 cm³/mol. The molecule has 3 N–H and O–H groups in total. The number of rotatable bonds is 5. The van der Waals surface area contributed by atoms with Crippen LogP contribution < -0.4 is 20.5 Å². The zero-order chi connectivity index (χ0) is 15.2. The van der Waals surface area contributed by atoms with Crippen LogP contribution in [0.25, 0.3) is 0 Å². The van der Waals surface area contributed by atoms with E-state index >= 15 is 0 Å². The van der Waals surface area contributed by atoms with Crippen LogP contribution in [0.15, 0.2) is 36.5 Å². The SMILES string of the molecule is COc1cc(Oc2ccc(NC(=O)CN)cn2)ccc1C. The fourth-order valence-electron chi connectivity index (χ4n) is 1.71. The van der Waals surface area contributed by atoms with Gasteiger partial charge in [0.1, 0.15) is 11.5 Å². The summed E-state index contributed by atoms with van der Waals surface area (Å²) in [5.74, 6) is 1.53. The molecule has 0 radical (unpaired) electrons. The number of methoxy groups -OCH3 is 1. The second-order valence-corrected chi connectivity index (χ2v) is 4.37. The van der Waals surface area contributed by atoms with Crippen LogP contribution >= 0.6 is 0 Å². The molecule has 0 unspecified atom stereocenters. The first-order valence-electron chi connectivity index (χ1n) is 6.41. The number of nitrogens with two attached hydrogens (primary N) is 1. The number of nitrogens with one attached hydrogen (secondary N) is 1. The van der Waals surface area contributed by atoms with E-state index in [-0.39, 0.29) is 12.5 Å². The van der Waals surface area contributed by atoms with Crippen molar-refractivity contribution >= 4 is 11.6 Å². The zero-order valence-electron chi connectivity index (χ0n) is 11.9. The Morgan fingerprint density at radius 2 is 2.14 bits per heavy atom. The third-order valence-electron chi connectivity index (χ3n) is 2.81. The molecule has 0 bridgehead atoms. The molecular weight excluding hydrogens is 270 g/mol. The molecule has 0 atom stereocenters. The number of nitrogens with zero attached hydrogens (tertiary/aromatic N) is 1. The fourth-order valence-corrected chi connectivity index (χ4v) is 1.71. The van der Waals surface area contributed by atoms with Crippen molar-refractivity contribution in [1.82, 2.24) is 4.98 Å². The number of aromatic nitrogens is 1. The summed E-state index contributed by atoms with van der Waals surface area (Å²) in [6.07, 6.45) is 1.51. The number of carbonyl (C=O) groups is 1. The van der Waals surface area contributed by atoms with Gasteiger partial charge < -0.3 is 20.5 Å². The highest BCUT2D eigenvalue weighted by Gasteiger charge is 2.04. The molecule has 0 fully saturated rings. The molecular formula is C15H17N3O3. The van der Waals surface area contributed by atoms with E-state index < -0.39 is 0 Å². The smallest absolute Gasteiger partial charge is 0.238 e. The average Bonchev–Trinajstić information content (AvgIpc) is 2.51. The highest BCUT2D eigenvalue weighted by Crippen LogP contribution is 2.27. The van der Waals surface area contributed by atoms with Gasteiger partial charge in [0.05, 0.1) is 25.5 Å². The van der Waals surface area contributed by atoms with Crippen LogP contribution in [0.2, 0.25) is 0 Å². The van der Waals surface area contributed by atoms with Gasteiger partial charge in [0.25, 0.3) is 0 Å². The summed E-state index contributed by atoms with van der Waals surface area (Å²) in [6, 6.07) is 8.90. The molecule has 1 aromatic heterocycles. The van der Waals surface area contributed by atoms with Gasteiger partial charge in [0.2, 0.25) is 11.8 Å². The Hall–Kier alpha value is -2.60. The summed E-state index contributed by atoms with van der Waals surface area (Å²) in [5.41, 5.74) is 6.82. The standard InChI is InChI=1S/C15H17N3O3/c1-10-3-5-12(7-13(10)20-2)21-15-6-4-11(9-17-15)18-14(19)8-16/h3-7,9H,8,16H2,1-2H3,(H,18,19). The summed E-state index contributed by atoms with van der Waals surface area (Å²) in [4.78, 5) is 15.3. The van der Waals surface area contributed by atoms with E-state index in [0.29, 0.717) is 17.3 Å². The first-order chi connectivity index (χ1) is 10.1. The van der Waals surface area contributed by atoms with Crippen molar-refractivity contribution in [2.75, 3.05) is 19.0 Å². The van der Waals surface area contributed by atoms with Crippen LogP contribution in [0, 0.1) is 6.92 Å². The molecule has 6 heteroatoms. The minimum absolute atomic E-state index is 0.0680. The number of amides is 1. The molecule has 0 aliphatic carbocycles. The molecule has 0 saturated carbocycles. The number of pyridine rings is 1. The van der Waals surface area contributed by atoms with Crippen LogP contribution in [0.1, 0.15) is 5.56 Å². The Morgan fingerprint density at radius 3 is 2.76 bits per heavy atom. The highest BCUT2D eigenvalue weighted by atomic mass is 16.5. The van der Waals surface area contributed by atoms with E-state index in [1.54, 1.807) is 25.3 Å². The van der Waals surface area contributed by atoms with Crippen molar-refractivity contribution < 1.29 is 14.3 Å². The molecule has 0 aliphatic heterocycles. The number of aryl methyl sites for hydroxylation is 1. The summed E-state index contributed by atoms with van der Waals surface area (Å²) >= 11 is 0. The number of hydrogen-bond donors (Lipinski definition) is 2. The summed E-state index contributed by atoms with van der Waals surface area (Å²) in [6.45, 7) is 1.89. The number of ether oxygens (including phenoxy) is 2. The predicted octanol–water partition coefficient (Wildman–Crippen LogP) is 2.09. The summed E-state index contributed by atoms with van der Waals surface area (Å²) < 4.78 is 10.9.